The van der Waals surface area contributed by atoms with Crippen molar-refractivity contribution in [2.75, 3.05) is 18.8 Å². The van der Waals surface area contributed by atoms with Crippen LogP contribution in [0.3, 0.4) is 0 Å². The van der Waals surface area contributed by atoms with Crippen LogP contribution < -0.4 is 0 Å². The number of carbonyl (C=O) groups is 1. The summed E-state index contributed by atoms with van der Waals surface area (Å²) in [6, 6.07) is 9.03. The predicted octanol–water partition coefficient (Wildman–Crippen LogP) is 2.29. The first kappa shape index (κ1) is 17.2. The molecule has 0 aromatic heterocycles. The number of piperidine rings is 1. The summed E-state index contributed by atoms with van der Waals surface area (Å²) in [4.78, 5) is 13.4. The van der Waals surface area contributed by atoms with E-state index in [-0.39, 0.29) is 23.5 Å². The lowest BCUT2D eigenvalue weighted by Crippen LogP contribution is -2.47. The topological polar surface area (TPSA) is 54.5 Å². The Morgan fingerprint density at radius 1 is 1.14 bits per heavy atom. The second-order valence-electron chi connectivity index (χ2n) is 6.20. The van der Waals surface area contributed by atoms with Gasteiger partial charge in [0.2, 0.25) is 0 Å². The van der Waals surface area contributed by atoms with Crippen LogP contribution >= 0.6 is 0 Å². The quantitative estimate of drug-likeness (QED) is 0.723. The molecule has 0 radical (unpaired) electrons. The smallest absolute Gasteiger partial charge is 0.156 e. The van der Waals surface area contributed by atoms with Crippen molar-refractivity contribution in [3.63, 3.8) is 0 Å². The monoisotopic (exact) mass is 323 g/mol. The lowest BCUT2D eigenvalue weighted by atomic mass is 10.0. The first-order valence-corrected chi connectivity index (χ1v) is 9.77. The molecule has 1 aliphatic rings. The lowest BCUT2D eigenvalue weighted by Gasteiger charge is -2.36. The van der Waals surface area contributed by atoms with Gasteiger partial charge >= 0.3 is 0 Å². The zero-order chi connectivity index (χ0) is 16.0. The fourth-order valence-electron chi connectivity index (χ4n) is 3.08. The Labute approximate surface area is 133 Å². The van der Waals surface area contributed by atoms with Crippen molar-refractivity contribution in [2.45, 2.75) is 38.0 Å². The minimum absolute atomic E-state index is 0.0454. The van der Waals surface area contributed by atoms with Crippen LogP contribution in [0.1, 0.15) is 31.7 Å². The van der Waals surface area contributed by atoms with Crippen LogP contribution in [0.2, 0.25) is 0 Å². The van der Waals surface area contributed by atoms with Crippen molar-refractivity contribution >= 4 is 16.1 Å². The van der Waals surface area contributed by atoms with Gasteiger partial charge in [-0.1, -0.05) is 43.7 Å². The van der Waals surface area contributed by atoms with Crippen LogP contribution in [0.4, 0.5) is 0 Å². The van der Waals surface area contributed by atoms with Gasteiger partial charge in [0.1, 0.15) is 6.29 Å². The molecule has 0 bridgehead atoms. The number of nitrogens with zero attached hydrogens (tertiary/aromatic N) is 1. The van der Waals surface area contributed by atoms with E-state index in [0.717, 1.165) is 37.8 Å². The van der Waals surface area contributed by atoms with Crippen molar-refractivity contribution in [3.05, 3.63) is 35.9 Å². The van der Waals surface area contributed by atoms with Crippen molar-refractivity contribution in [1.29, 1.82) is 0 Å². The summed E-state index contributed by atoms with van der Waals surface area (Å²) in [6.07, 6.45) is 4.24. The van der Waals surface area contributed by atoms with Gasteiger partial charge in [0.15, 0.2) is 9.84 Å². The number of benzene rings is 1. The molecule has 1 aliphatic heterocycles. The number of sulfone groups is 1. The first-order chi connectivity index (χ1) is 10.5. The molecule has 0 N–H and O–H groups in total. The second-order valence-corrected chi connectivity index (χ2v) is 8.31. The van der Waals surface area contributed by atoms with E-state index in [1.165, 1.54) is 6.42 Å². The summed E-state index contributed by atoms with van der Waals surface area (Å²) in [5.74, 6) is -0.158. The molecule has 1 heterocycles. The summed E-state index contributed by atoms with van der Waals surface area (Å²) in [5.41, 5.74) is 0.804. The van der Waals surface area contributed by atoms with Crippen molar-refractivity contribution in [2.24, 2.45) is 5.92 Å². The molecule has 0 saturated carbocycles. The van der Waals surface area contributed by atoms with Gasteiger partial charge in [0, 0.05) is 12.0 Å². The highest BCUT2D eigenvalue weighted by atomic mass is 32.2. The van der Waals surface area contributed by atoms with E-state index >= 15 is 0 Å². The molecule has 122 valence electrons. The van der Waals surface area contributed by atoms with E-state index in [4.69, 9.17) is 0 Å². The van der Waals surface area contributed by atoms with Crippen molar-refractivity contribution in [3.8, 4) is 0 Å². The maximum atomic E-state index is 12.5. The highest BCUT2D eigenvalue weighted by Crippen LogP contribution is 2.20. The van der Waals surface area contributed by atoms with Gasteiger partial charge in [-0.3, -0.25) is 4.90 Å². The average molecular weight is 323 g/mol. The Kier molecular flexibility index (Phi) is 6.15. The van der Waals surface area contributed by atoms with Crippen LogP contribution in [-0.4, -0.2) is 44.5 Å². The lowest BCUT2D eigenvalue weighted by molar-refractivity contribution is -0.112. The zero-order valence-electron chi connectivity index (χ0n) is 13.1. The van der Waals surface area contributed by atoms with Crippen LogP contribution in [0, 0.1) is 5.92 Å². The summed E-state index contributed by atoms with van der Waals surface area (Å²) in [5, 5.41) is 0. The standard InChI is InChI=1S/C17H25NO3S/c1-15(12-19)17(18-10-6-3-7-11-18)14-22(20,21)13-16-8-4-2-5-9-16/h2,4-5,8-9,12,15,17H,3,6-7,10-11,13-14H2,1H3. The number of hydrogen-bond acceptors (Lipinski definition) is 4. The molecular formula is C17H25NO3S. The molecular weight excluding hydrogens is 298 g/mol. The van der Waals surface area contributed by atoms with E-state index in [9.17, 15) is 13.2 Å². The fourth-order valence-corrected chi connectivity index (χ4v) is 4.93. The molecule has 1 aromatic carbocycles. The molecule has 5 heteroatoms. The van der Waals surface area contributed by atoms with E-state index < -0.39 is 9.84 Å². The molecule has 4 nitrogen and oxygen atoms in total. The van der Waals surface area contributed by atoms with Crippen molar-refractivity contribution < 1.29 is 13.2 Å². The Bertz CT molecular complexity index is 565. The Balaban J connectivity index is 2.09. The van der Waals surface area contributed by atoms with Gasteiger partial charge < -0.3 is 4.79 Å². The van der Waals surface area contributed by atoms with Gasteiger partial charge in [-0.15, -0.1) is 0 Å². The van der Waals surface area contributed by atoms with Crippen LogP contribution in [0.5, 0.6) is 0 Å². The maximum absolute atomic E-state index is 12.5. The predicted molar refractivity (Wildman–Crippen MR) is 88.4 cm³/mol. The highest BCUT2D eigenvalue weighted by molar-refractivity contribution is 7.90. The van der Waals surface area contributed by atoms with Crippen molar-refractivity contribution in [1.82, 2.24) is 4.90 Å². The Morgan fingerprint density at radius 2 is 1.77 bits per heavy atom. The molecule has 0 spiro atoms. The summed E-state index contributed by atoms with van der Waals surface area (Å²) < 4.78 is 25.1. The van der Waals surface area contributed by atoms with Gasteiger partial charge in [0.05, 0.1) is 11.5 Å². The third kappa shape index (κ3) is 4.92. The first-order valence-electron chi connectivity index (χ1n) is 7.95. The molecule has 0 aliphatic carbocycles. The van der Waals surface area contributed by atoms with E-state index in [1.807, 2.05) is 37.3 Å². The summed E-state index contributed by atoms with van der Waals surface area (Å²) in [7, 11) is -3.24. The van der Waals surface area contributed by atoms with Crippen LogP contribution in [0.25, 0.3) is 0 Å². The molecule has 2 rings (SSSR count). The number of likely N-dealkylation sites (tertiary alicyclic amines) is 1. The SMILES string of the molecule is CC(C=O)C(CS(=O)(=O)Cc1ccccc1)N1CCCCC1. The van der Waals surface area contributed by atoms with Gasteiger partial charge in [0.25, 0.3) is 0 Å². The molecule has 22 heavy (non-hydrogen) atoms. The Morgan fingerprint density at radius 3 is 2.36 bits per heavy atom. The van der Waals surface area contributed by atoms with E-state index in [0.29, 0.717) is 0 Å². The Hall–Kier alpha value is -1.20. The third-order valence-electron chi connectivity index (χ3n) is 4.34. The fraction of sp³-hybridized carbons (Fsp3) is 0.588. The minimum Gasteiger partial charge on any atom is -0.303 e. The molecule has 1 fully saturated rings. The van der Waals surface area contributed by atoms with Gasteiger partial charge in [-0.05, 0) is 31.5 Å². The number of hydrogen-bond donors (Lipinski definition) is 0. The highest BCUT2D eigenvalue weighted by Gasteiger charge is 2.30. The minimum atomic E-state index is -3.24. The molecule has 2 atom stereocenters. The van der Waals surface area contributed by atoms with E-state index in [2.05, 4.69) is 4.90 Å². The number of carbonyl (C=O) groups excluding carboxylic acids is 1. The second kappa shape index (κ2) is 7.88. The van der Waals surface area contributed by atoms with E-state index in [1.54, 1.807) is 0 Å². The molecule has 1 aromatic rings. The molecule has 0 amide bonds. The summed E-state index contributed by atoms with van der Waals surface area (Å²) >= 11 is 0. The average Bonchev–Trinajstić information content (AvgIpc) is 2.53. The van der Waals surface area contributed by atoms with Gasteiger partial charge in [-0.25, -0.2) is 8.42 Å². The largest absolute Gasteiger partial charge is 0.303 e. The molecule has 2 unspecified atom stereocenters. The zero-order valence-corrected chi connectivity index (χ0v) is 14.0. The number of rotatable bonds is 7. The maximum Gasteiger partial charge on any atom is 0.156 e. The van der Waals surface area contributed by atoms with Gasteiger partial charge in [-0.2, -0.15) is 0 Å². The van der Waals surface area contributed by atoms with Crippen LogP contribution in [-0.2, 0) is 20.4 Å². The third-order valence-corrected chi connectivity index (χ3v) is 5.96. The summed E-state index contributed by atoms with van der Waals surface area (Å²) in [6.45, 7) is 3.61. The normalized spacial score (nSPS) is 19.5. The van der Waals surface area contributed by atoms with Crippen LogP contribution in [0.15, 0.2) is 30.3 Å². The number of aldehydes is 1. The molecule has 1 saturated heterocycles.